The third-order valence-electron chi connectivity index (χ3n) is 4.07. The van der Waals surface area contributed by atoms with E-state index in [4.69, 9.17) is 0 Å². The zero-order chi connectivity index (χ0) is 9.80. The molecule has 1 atom stereocenters. The standard InChI is InChI=1S/C13H25N/c1-11(13-5-3-2-4-6-13)14-10-9-12-7-8-12/h11-14H,2-10H2,1H3. The maximum absolute atomic E-state index is 3.72. The highest BCUT2D eigenvalue weighted by atomic mass is 14.9. The molecule has 1 heteroatoms. The van der Waals surface area contributed by atoms with Gasteiger partial charge in [0.25, 0.3) is 0 Å². The normalized spacial score (nSPS) is 26.4. The molecule has 0 amide bonds. The fraction of sp³-hybridized carbons (Fsp3) is 1.00. The van der Waals surface area contributed by atoms with Crippen LogP contribution in [0.1, 0.15) is 58.3 Å². The van der Waals surface area contributed by atoms with E-state index in [1.165, 1.54) is 57.9 Å². The van der Waals surface area contributed by atoms with Crippen LogP contribution in [0.25, 0.3) is 0 Å². The largest absolute Gasteiger partial charge is 0.314 e. The second-order valence-electron chi connectivity index (χ2n) is 5.37. The summed E-state index contributed by atoms with van der Waals surface area (Å²) in [4.78, 5) is 0. The van der Waals surface area contributed by atoms with E-state index in [0.717, 1.165) is 17.9 Å². The van der Waals surface area contributed by atoms with Crippen LogP contribution in [0, 0.1) is 11.8 Å². The summed E-state index contributed by atoms with van der Waals surface area (Å²) in [6.45, 7) is 3.66. The van der Waals surface area contributed by atoms with Crippen LogP contribution in [0.4, 0.5) is 0 Å². The van der Waals surface area contributed by atoms with Crippen molar-refractivity contribution in [3.05, 3.63) is 0 Å². The lowest BCUT2D eigenvalue weighted by molar-refractivity contribution is 0.280. The van der Waals surface area contributed by atoms with Crippen LogP contribution in [0.5, 0.6) is 0 Å². The first-order valence-corrected chi connectivity index (χ1v) is 6.59. The van der Waals surface area contributed by atoms with Gasteiger partial charge in [0.1, 0.15) is 0 Å². The molecule has 1 unspecified atom stereocenters. The summed E-state index contributed by atoms with van der Waals surface area (Å²) in [5.74, 6) is 2.06. The Labute approximate surface area is 88.7 Å². The molecular weight excluding hydrogens is 170 g/mol. The van der Waals surface area contributed by atoms with Crippen molar-refractivity contribution in [3.63, 3.8) is 0 Å². The highest BCUT2D eigenvalue weighted by molar-refractivity contribution is 4.78. The van der Waals surface area contributed by atoms with E-state index >= 15 is 0 Å². The van der Waals surface area contributed by atoms with Crippen molar-refractivity contribution >= 4 is 0 Å². The van der Waals surface area contributed by atoms with Crippen molar-refractivity contribution in [2.75, 3.05) is 6.54 Å². The van der Waals surface area contributed by atoms with E-state index in [1.807, 2.05) is 0 Å². The van der Waals surface area contributed by atoms with Gasteiger partial charge in [0, 0.05) is 6.04 Å². The highest BCUT2D eigenvalue weighted by Crippen LogP contribution is 2.32. The first-order valence-electron chi connectivity index (χ1n) is 6.59. The van der Waals surface area contributed by atoms with Crippen molar-refractivity contribution in [1.29, 1.82) is 0 Å². The molecule has 82 valence electrons. The van der Waals surface area contributed by atoms with Crippen LogP contribution in [0.15, 0.2) is 0 Å². The molecule has 0 aromatic rings. The molecule has 0 bridgehead atoms. The van der Waals surface area contributed by atoms with Gasteiger partial charge in [-0.1, -0.05) is 32.1 Å². The molecule has 2 saturated carbocycles. The third-order valence-corrected chi connectivity index (χ3v) is 4.07. The molecule has 1 nitrogen and oxygen atoms in total. The Bertz CT molecular complexity index is 157. The minimum Gasteiger partial charge on any atom is -0.314 e. The maximum atomic E-state index is 3.72. The summed E-state index contributed by atoms with van der Waals surface area (Å²) >= 11 is 0. The Balaban J connectivity index is 1.57. The minimum absolute atomic E-state index is 0.772. The van der Waals surface area contributed by atoms with Crippen molar-refractivity contribution in [3.8, 4) is 0 Å². The molecule has 0 spiro atoms. The monoisotopic (exact) mass is 195 g/mol. The van der Waals surface area contributed by atoms with E-state index in [2.05, 4.69) is 12.2 Å². The van der Waals surface area contributed by atoms with Crippen molar-refractivity contribution in [2.45, 2.75) is 64.3 Å². The van der Waals surface area contributed by atoms with Crippen molar-refractivity contribution in [1.82, 2.24) is 5.32 Å². The van der Waals surface area contributed by atoms with Crippen LogP contribution < -0.4 is 5.32 Å². The van der Waals surface area contributed by atoms with Gasteiger partial charge in [-0.25, -0.2) is 0 Å². The lowest BCUT2D eigenvalue weighted by atomic mass is 9.84. The van der Waals surface area contributed by atoms with Gasteiger partial charge in [-0.05, 0) is 44.6 Å². The third kappa shape index (κ3) is 3.27. The Morgan fingerprint density at radius 1 is 1.07 bits per heavy atom. The van der Waals surface area contributed by atoms with Gasteiger partial charge in [-0.3, -0.25) is 0 Å². The number of hydrogen-bond donors (Lipinski definition) is 1. The molecular formula is C13H25N. The van der Waals surface area contributed by atoms with E-state index in [9.17, 15) is 0 Å². The fourth-order valence-corrected chi connectivity index (χ4v) is 2.72. The Morgan fingerprint density at radius 2 is 1.79 bits per heavy atom. The quantitative estimate of drug-likeness (QED) is 0.709. The summed E-state index contributed by atoms with van der Waals surface area (Å²) in [6.07, 6.45) is 11.8. The predicted molar refractivity (Wildman–Crippen MR) is 61.4 cm³/mol. The summed E-state index contributed by atoms with van der Waals surface area (Å²) in [5.41, 5.74) is 0. The first kappa shape index (κ1) is 10.5. The number of rotatable bonds is 5. The Hall–Kier alpha value is -0.0400. The van der Waals surface area contributed by atoms with Gasteiger partial charge in [-0.2, -0.15) is 0 Å². The minimum atomic E-state index is 0.772. The van der Waals surface area contributed by atoms with Crippen LogP contribution in [-0.4, -0.2) is 12.6 Å². The van der Waals surface area contributed by atoms with E-state index in [0.29, 0.717) is 0 Å². The molecule has 1 N–H and O–H groups in total. The average molecular weight is 195 g/mol. The van der Waals surface area contributed by atoms with Gasteiger partial charge in [0.15, 0.2) is 0 Å². The molecule has 0 heterocycles. The molecule has 0 saturated heterocycles. The summed E-state index contributed by atoms with van der Waals surface area (Å²) in [6, 6.07) is 0.772. The van der Waals surface area contributed by atoms with Crippen molar-refractivity contribution < 1.29 is 0 Å². The Morgan fingerprint density at radius 3 is 2.43 bits per heavy atom. The molecule has 14 heavy (non-hydrogen) atoms. The van der Waals surface area contributed by atoms with E-state index in [-0.39, 0.29) is 0 Å². The van der Waals surface area contributed by atoms with E-state index in [1.54, 1.807) is 0 Å². The summed E-state index contributed by atoms with van der Waals surface area (Å²) in [5, 5.41) is 3.72. The maximum Gasteiger partial charge on any atom is 0.00669 e. The molecule has 0 radical (unpaired) electrons. The summed E-state index contributed by atoms with van der Waals surface area (Å²) < 4.78 is 0. The van der Waals surface area contributed by atoms with Gasteiger partial charge in [0.05, 0.1) is 0 Å². The molecule has 2 rings (SSSR count). The number of nitrogens with one attached hydrogen (secondary N) is 1. The van der Waals surface area contributed by atoms with Crippen LogP contribution >= 0.6 is 0 Å². The molecule has 2 fully saturated rings. The van der Waals surface area contributed by atoms with Crippen molar-refractivity contribution in [2.24, 2.45) is 11.8 Å². The topological polar surface area (TPSA) is 12.0 Å². The summed E-state index contributed by atoms with van der Waals surface area (Å²) in [7, 11) is 0. The lowest BCUT2D eigenvalue weighted by Crippen LogP contribution is -2.35. The van der Waals surface area contributed by atoms with Crippen LogP contribution in [0.3, 0.4) is 0 Å². The van der Waals surface area contributed by atoms with Gasteiger partial charge in [0.2, 0.25) is 0 Å². The molecule has 2 aliphatic rings. The first-order chi connectivity index (χ1) is 6.86. The predicted octanol–water partition coefficient (Wildman–Crippen LogP) is 3.34. The van der Waals surface area contributed by atoms with Gasteiger partial charge in [-0.15, -0.1) is 0 Å². The Kier molecular flexibility index (Phi) is 3.86. The molecule has 0 aliphatic heterocycles. The zero-order valence-electron chi connectivity index (χ0n) is 9.60. The zero-order valence-corrected chi connectivity index (χ0v) is 9.60. The molecule has 2 aliphatic carbocycles. The number of hydrogen-bond acceptors (Lipinski definition) is 1. The average Bonchev–Trinajstić information content (AvgIpc) is 3.03. The van der Waals surface area contributed by atoms with Gasteiger partial charge >= 0.3 is 0 Å². The van der Waals surface area contributed by atoms with Crippen LogP contribution in [-0.2, 0) is 0 Å². The smallest absolute Gasteiger partial charge is 0.00669 e. The molecule has 0 aromatic carbocycles. The second kappa shape index (κ2) is 5.16. The fourth-order valence-electron chi connectivity index (χ4n) is 2.72. The van der Waals surface area contributed by atoms with Crippen LogP contribution in [0.2, 0.25) is 0 Å². The molecule has 0 aromatic heterocycles. The SMILES string of the molecule is CC(NCCC1CC1)C1CCCCC1. The second-order valence-corrected chi connectivity index (χ2v) is 5.37. The van der Waals surface area contributed by atoms with E-state index < -0.39 is 0 Å². The lowest BCUT2D eigenvalue weighted by Gasteiger charge is -2.28. The highest BCUT2D eigenvalue weighted by Gasteiger charge is 2.22. The van der Waals surface area contributed by atoms with Gasteiger partial charge < -0.3 is 5.32 Å².